The number of carbonyl (C=O) groups excluding carboxylic acids is 1. The van der Waals surface area contributed by atoms with E-state index in [4.69, 9.17) is 14.7 Å². The zero-order chi connectivity index (χ0) is 29.2. The summed E-state index contributed by atoms with van der Waals surface area (Å²) in [4.78, 5) is 20.8. The zero-order valence-corrected chi connectivity index (χ0v) is 27.6. The van der Waals surface area contributed by atoms with E-state index >= 15 is 0 Å². The maximum Gasteiger partial charge on any atom is 0.305 e. The normalized spacial score (nSPS) is 12.9. The summed E-state index contributed by atoms with van der Waals surface area (Å²) in [7, 11) is 3.03. The molecule has 0 spiro atoms. The number of ether oxygens (including phenoxy) is 2. The average molecular weight is 684 g/mol. The molecule has 1 fully saturated rings. The molecule has 222 valence electrons. The number of hydrogen-bond acceptors (Lipinski definition) is 8. The lowest BCUT2D eigenvalue weighted by molar-refractivity contribution is -0.140. The molecule has 8 nitrogen and oxygen atoms in total. The van der Waals surface area contributed by atoms with E-state index in [2.05, 4.69) is 46.6 Å². The van der Waals surface area contributed by atoms with Crippen LogP contribution in [0.4, 0.5) is 17.5 Å². The fourth-order valence-electron chi connectivity index (χ4n) is 4.43. The Balaban J connectivity index is 0.00000134. The fraction of sp³-hybridized carbons (Fsp3) is 0.567. The van der Waals surface area contributed by atoms with E-state index in [1.165, 1.54) is 39.2 Å². The van der Waals surface area contributed by atoms with Gasteiger partial charge in [-0.2, -0.15) is 9.97 Å². The first-order valence-electron chi connectivity index (χ1n) is 14.7. The lowest BCUT2D eigenvalue weighted by Crippen LogP contribution is -2.23. The summed E-state index contributed by atoms with van der Waals surface area (Å²) in [5, 5.41) is 8.10. The van der Waals surface area contributed by atoms with Crippen LogP contribution in [0, 0.1) is 0 Å². The van der Waals surface area contributed by atoms with Crippen molar-refractivity contribution < 1.29 is 14.3 Å². The van der Waals surface area contributed by atoms with Crippen LogP contribution in [0.1, 0.15) is 91.9 Å². The highest BCUT2D eigenvalue weighted by Gasteiger charge is 2.18. The highest BCUT2D eigenvalue weighted by atomic mass is 127. The van der Waals surface area contributed by atoms with Crippen LogP contribution in [-0.2, 0) is 9.53 Å². The van der Waals surface area contributed by atoms with Crippen molar-refractivity contribution >= 4 is 64.8 Å². The van der Waals surface area contributed by atoms with Crippen LogP contribution in [0.2, 0.25) is 0 Å². The van der Waals surface area contributed by atoms with Crippen molar-refractivity contribution in [3.05, 3.63) is 36.5 Å². The van der Waals surface area contributed by atoms with Gasteiger partial charge in [-0.3, -0.25) is 8.77 Å². The van der Waals surface area contributed by atoms with Crippen molar-refractivity contribution in [2.45, 2.75) is 97.9 Å². The van der Waals surface area contributed by atoms with Gasteiger partial charge < -0.3 is 20.1 Å². The molecule has 2 aromatic heterocycles. The zero-order valence-electron chi connectivity index (χ0n) is 24.7. The molecule has 40 heavy (non-hydrogen) atoms. The highest BCUT2D eigenvalue weighted by Crippen LogP contribution is 2.31. The van der Waals surface area contributed by atoms with Gasteiger partial charge in [0, 0.05) is 54.7 Å². The molecule has 2 N–H and O–H groups in total. The summed E-state index contributed by atoms with van der Waals surface area (Å²) >= 11 is 2.27. The number of halogens is 1. The van der Waals surface area contributed by atoms with Gasteiger partial charge in [0.15, 0.2) is 5.65 Å². The van der Waals surface area contributed by atoms with Crippen LogP contribution in [0.15, 0.2) is 36.5 Å². The minimum absolute atomic E-state index is 0.139. The molecule has 3 aromatic rings. The molecule has 0 amide bonds. The smallest absolute Gasteiger partial charge is 0.305 e. The molecule has 0 aliphatic heterocycles. The Morgan fingerprint density at radius 1 is 1.00 bits per heavy atom. The molecule has 1 aliphatic carbocycles. The third kappa shape index (κ3) is 11.0. The van der Waals surface area contributed by atoms with E-state index in [1.807, 2.05) is 58.2 Å². The Hall–Kier alpha value is -2.21. The van der Waals surface area contributed by atoms with Crippen molar-refractivity contribution in [2.75, 3.05) is 24.4 Å². The molecular weight excluding hydrogens is 637 g/mol. The number of rotatable bonds is 13. The van der Waals surface area contributed by atoms with Gasteiger partial charge in [-0.15, -0.1) is 0 Å². The molecule has 0 unspecified atom stereocenters. The van der Waals surface area contributed by atoms with Gasteiger partial charge in [-0.25, -0.2) is 0 Å². The molecule has 10 heteroatoms. The second-order valence-corrected chi connectivity index (χ2v) is 10.8. The summed E-state index contributed by atoms with van der Waals surface area (Å²) in [5.74, 6) is 2.16. The van der Waals surface area contributed by atoms with Gasteiger partial charge in [-0.05, 0) is 56.0 Å². The number of fused-ring (bicyclic) bond motifs is 1. The summed E-state index contributed by atoms with van der Waals surface area (Å²) < 4.78 is 12.6. The van der Waals surface area contributed by atoms with E-state index in [0.29, 0.717) is 25.0 Å². The number of carbonyl (C=O) groups is 1. The van der Waals surface area contributed by atoms with Crippen molar-refractivity contribution in [1.29, 1.82) is 0 Å². The highest BCUT2D eigenvalue weighted by molar-refractivity contribution is 14.2. The number of nitrogens with one attached hydrogen (secondary N) is 2. The molecule has 1 saturated carbocycles. The third-order valence-electron chi connectivity index (χ3n) is 6.41. The second kappa shape index (κ2) is 19.8. The van der Waals surface area contributed by atoms with E-state index in [0.717, 1.165) is 54.0 Å². The summed E-state index contributed by atoms with van der Waals surface area (Å²) in [5.41, 5.74) is 1.81. The van der Waals surface area contributed by atoms with E-state index in [-0.39, 0.29) is 5.97 Å². The number of methoxy groups -OCH3 is 1. The van der Waals surface area contributed by atoms with Gasteiger partial charge in [0.1, 0.15) is 11.6 Å². The van der Waals surface area contributed by atoms with Crippen LogP contribution in [-0.4, -0.2) is 39.7 Å². The Morgan fingerprint density at radius 3 is 2.38 bits per heavy atom. The Kier molecular flexibility index (Phi) is 16.8. The lowest BCUT2D eigenvalue weighted by atomic mass is 9.95. The molecule has 0 atom stereocenters. The van der Waals surface area contributed by atoms with Crippen LogP contribution in [0.3, 0.4) is 0 Å². The average Bonchev–Trinajstić information content (AvgIpc) is 3.43. The molecule has 0 bridgehead atoms. The first-order chi connectivity index (χ1) is 19.7. The third-order valence-corrected chi connectivity index (χ3v) is 8.13. The van der Waals surface area contributed by atoms with E-state index in [1.54, 1.807) is 9.12 Å². The van der Waals surface area contributed by atoms with Crippen LogP contribution in [0.5, 0.6) is 5.75 Å². The van der Waals surface area contributed by atoms with Gasteiger partial charge >= 0.3 is 5.97 Å². The fourth-order valence-corrected chi connectivity index (χ4v) is 5.70. The molecule has 1 aliphatic rings. The molecule has 2 heterocycles. The molecule has 0 radical (unpaired) electrons. The standard InChI is InChI=1S/C26H34IN5O3S.2C2H6/c1-34-23(33)11-7-2-3-8-18-35-21-14-12-20(13-15-21)29-26-30-24(28-19-9-5-4-6-10-19)22-16-17-32(36-27)25(22)31-26;2*1-2/h12-17,19H,2-11,18H2,1H3,(H2,28,29,30,31);2*1-2H3. The van der Waals surface area contributed by atoms with Crippen molar-refractivity contribution in [3.8, 4) is 5.75 Å². The monoisotopic (exact) mass is 683 g/mol. The Labute approximate surface area is 256 Å². The summed E-state index contributed by atoms with van der Waals surface area (Å²) in [6, 6.07) is 10.4. The maximum absolute atomic E-state index is 11.1. The SMILES string of the molecule is CC.CC.COC(=O)CCCCCCOc1ccc(Nc2nc(NC3CCCCC3)c3ccn(SI)c3n2)cc1. The molecule has 1 aromatic carbocycles. The Bertz CT molecular complexity index is 1120. The van der Waals surface area contributed by atoms with Crippen molar-refractivity contribution in [3.63, 3.8) is 0 Å². The second-order valence-electron chi connectivity index (χ2n) is 9.06. The van der Waals surface area contributed by atoms with Gasteiger partial charge in [0.2, 0.25) is 5.95 Å². The number of esters is 1. The molecular formula is C30H46IN5O3S. The maximum atomic E-state index is 11.1. The summed E-state index contributed by atoms with van der Waals surface area (Å²) in [6.07, 6.45) is 12.6. The number of anilines is 3. The predicted octanol–water partition coefficient (Wildman–Crippen LogP) is 9.32. The van der Waals surface area contributed by atoms with Gasteiger partial charge in [0.25, 0.3) is 0 Å². The van der Waals surface area contributed by atoms with Gasteiger partial charge in [0.05, 0.1) is 19.1 Å². The first-order valence-corrected chi connectivity index (χ1v) is 18.0. The number of aromatic nitrogens is 3. The largest absolute Gasteiger partial charge is 0.494 e. The first kappa shape index (κ1) is 34.0. The van der Waals surface area contributed by atoms with Crippen molar-refractivity contribution in [2.24, 2.45) is 0 Å². The quantitative estimate of drug-likeness (QED) is 0.105. The van der Waals surface area contributed by atoms with Crippen LogP contribution >= 0.6 is 30.3 Å². The van der Waals surface area contributed by atoms with E-state index in [9.17, 15) is 4.79 Å². The van der Waals surface area contributed by atoms with Crippen LogP contribution in [0.25, 0.3) is 11.0 Å². The minimum Gasteiger partial charge on any atom is -0.494 e. The predicted molar refractivity (Wildman–Crippen MR) is 178 cm³/mol. The van der Waals surface area contributed by atoms with E-state index < -0.39 is 0 Å². The number of hydrogen-bond donors (Lipinski definition) is 2. The van der Waals surface area contributed by atoms with Crippen LogP contribution < -0.4 is 15.4 Å². The Morgan fingerprint density at radius 2 is 1.70 bits per heavy atom. The summed E-state index contributed by atoms with van der Waals surface area (Å²) in [6.45, 7) is 8.66. The van der Waals surface area contributed by atoms with Gasteiger partial charge in [-0.1, -0.05) is 59.8 Å². The number of nitrogens with zero attached hydrogens (tertiary/aromatic N) is 3. The lowest BCUT2D eigenvalue weighted by Gasteiger charge is -2.23. The number of benzene rings is 1. The molecule has 0 saturated heterocycles. The minimum atomic E-state index is -0.139. The number of unbranched alkanes of at least 4 members (excludes halogenated alkanes) is 3. The van der Waals surface area contributed by atoms with Crippen molar-refractivity contribution in [1.82, 2.24) is 13.9 Å². The molecule has 4 rings (SSSR count). The topological polar surface area (TPSA) is 90.3 Å².